The Balaban J connectivity index is 2.51. The monoisotopic (exact) mass is 254 g/mol. The highest BCUT2D eigenvalue weighted by Gasteiger charge is 2.32. The van der Waals surface area contributed by atoms with Gasteiger partial charge in [-0.3, -0.25) is 4.98 Å². The van der Waals surface area contributed by atoms with Crippen molar-refractivity contribution >= 4 is 0 Å². The molecule has 0 bridgehead atoms. The van der Waals surface area contributed by atoms with Crippen LogP contribution in [0.2, 0.25) is 0 Å². The van der Waals surface area contributed by atoms with E-state index in [2.05, 4.69) is 9.97 Å². The number of hydrogen-bond acceptors (Lipinski definition) is 3. The zero-order valence-electron chi connectivity index (χ0n) is 9.15. The zero-order chi connectivity index (χ0) is 13.2. The van der Waals surface area contributed by atoms with E-state index in [0.717, 1.165) is 6.07 Å². The van der Waals surface area contributed by atoms with Crippen molar-refractivity contribution < 1.29 is 18.3 Å². The molecule has 0 saturated carbocycles. The van der Waals surface area contributed by atoms with Crippen molar-refractivity contribution in [3.05, 3.63) is 48.0 Å². The second-order valence-electron chi connectivity index (χ2n) is 3.58. The minimum Gasteiger partial charge on any atom is -0.390 e. The predicted molar refractivity (Wildman–Crippen MR) is 58.4 cm³/mol. The number of nitrogens with zero attached hydrogens (tertiary/aromatic N) is 2. The summed E-state index contributed by atoms with van der Waals surface area (Å²) in [7, 11) is 0. The van der Waals surface area contributed by atoms with Gasteiger partial charge in [0.25, 0.3) is 0 Å². The minimum absolute atomic E-state index is 0.00368. The third-order valence-electron chi connectivity index (χ3n) is 2.41. The smallest absolute Gasteiger partial charge is 0.390 e. The maximum Gasteiger partial charge on any atom is 0.433 e. The SMILES string of the molecule is OCc1nc(C(F)(F)F)ccc1-c1ccncc1. The van der Waals surface area contributed by atoms with Crippen molar-refractivity contribution in [2.45, 2.75) is 12.8 Å². The van der Waals surface area contributed by atoms with Gasteiger partial charge in [0.2, 0.25) is 0 Å². The van der Waals surface area contributed by atoms with E-state index in [0.29, 0.717) is 11.1 Å². The van der Waals surface area contributed by atoms with E-state index in [1.165, 1.54) is 18.5 Å². The van der Waals surface area contributed by atoms with E-state index in [1.54, 1.807) is 12.1 Å². The van der Waals surface area contributed by atoms with Crippen LogP contribution >= 0.6 is 0 Å². The first-order chi connectivity index (χ1) is 8.52. The van der Waals surface area contributed by atoms with Crippen LogP contribution in [-0.2, 0) is 12.8 Å². The van der Waals surface area contributed by atoms with Crippen molar-refractivity contribution in [3.63, 3.8) is 0 Å². The number of pyridine rings is 2. The third kappa shape index (κ3) is 2.48. The molecule has 0 aliphatic carbocycles. The minimum atomic E-state index is -4.51. The Morgan fingerprint density at radius 3 is 2.28 bits per heavy atom. The van der Waals surface area contributed by atoms with Gasteiger partial charge >= 0.3 is 6.18 Å². The standard InChI is InChI=1S/C12H9F3N2O/c13-12(14,15)11-2-1-9(10(7-18)17-11)8-3-5-16-6-4-8/h1-6,18H,7H2. The number of alkyl halides is 3. The number of halogens is 3. The largest absolute Gasteiger partial charge is 0.433 e. The number of hydrogen-bond donors (Lipinski definition) is 1. The molecule has 0 unspecified atom stereocenters. The molecule has 0 atom stereocenters. The quantitative estimate of drug-likeness (QED) is 0.896. The molecule has 2 aromatic heterocycles. The fraction of sp³-hybridized carbons (Fsp3) is 0.167. The molecule has 2 rings (SSSR count). The van der Waals surface area contributed by atoms with Crippen molar-refractivity contribution in [1.82, 2.24) is 9.97 Å². The van der Waals surface area contributed by atoms with E-state index < -0.39 is 18.5 Å². The predicted octanol–water partition coefficient (Wildman–Crippen LogP) is 2.65. The van der Waals surface area contributed by atoms with Gasteiger partial charge in [0.1, 0.15) is 5.69 Å². The van der Waals surface area contributed by atoms with Crippen LogP contribution in [0, 0.1) is 0 Å². The molecular formula is C12H9F3N2O. The lowest BCUT2D eigenvalue weighted by molar-refractivity contribution is -0.141. The van der Waals surface area contributed by atoms with Crippen molar-refractivity contribution in [2.24, 2.45) is 0 Å². The van der Waals surface area contributed by atoms with Gasteiger partial charge in [0.05, 0.1) is 12.3 Å². The number of aliphatic hydroxyl groups excluding tert-OH is 1. The van der Waals surface area contributed by atoms with Crippen molar-refractivity contribution in [1.29, 1.82) is 0 Å². The van der Waals surface area contributed by atoms with E-state index in [1.807, 2.05) is 0 Å². The Labute approximate surface area is 101 Å². The lowest BCUT2D eigenvalue weighted by atomic mass is 10.0. The van der Waals surface area contributed by atoms with Gasteiger partial charge in [-0.15, -0.1) is 0 Å². The molecular weight excluding hydrogens is 245 g/mol. The van der Waals surface area contributed by atoms with Crippen LogP contribution in [0.25, 0.3) is 11.1 Å². The number of aromatic nitrogens is 2. The average Bonchev–Trinajstić information content (AvgIpc) is 2.38. The average molecular weight is 254 g/mol. The van der Waals surface area contributed by atoms with E-state index in [9.17, 15) is 13.2 Å². The molecule has 94 valence electrons. The third-order valence-corrected chi connectivity index (χ3v) is 2.41. The Morgan fingerprint density at radius 2 is 1.72 bits per heavy atom. The van der Waals surface area contributed by atoms with Crippen LogP contribution in [0.15, 0.2) is 36.7 Å². The molecule has 0 saturated heterocycles. The van der Waals surface area contributed by atoms with Crippen LogP contribution in [-0.4, -0.2) is 15.1 Å². The molecule has 1 N–H and O–H groups in total. The topological polar surface area (TPSA) is 46.0 Å². The molecule has 0 aliphatic rings. The Kier molecular flexibility index (Phi) is 3.29. The van der Waals surface area contributed by atoms with E-state index in [4.69, 9.17) is 5.11 Å². The first-order valence-electron chi connectivity index (χ1n) is 5.11. The van der Waals surface area contributed by atoms with Crippen LogP contribution in [0.3, 0.4) is 0 Å². The Hall–Kier alpha value is -1.95. The second kappa shape index (κ2) is 4.73. The zero-order valence-corrected chi connectivity index (χ0v) is 9.15. The van der Waals surface area contributed by atoms with E-state index in [-0.39, 0.29) is 5.69 Å². The molecule has 0 amide bonds. The van der Waals surface area contributed by atoms with Crippen LogP contribution in [0.4, 0.5) is 13.2 Å². The van der Waals surface area contributed by atoms with Gasteiger partial charge in [-0.05, 0) is 23.8 Å². The summed E-state index contributed by atoms with van der Waals surface area (Å²) in [6.45, 7) is -0.554. The highest BCUT2D eigenvalue weighted by Crippen LogP contribution is 2.30. The summed E-state index contributed by atoms with van der Waals surface area (Å²) in [5.74, 6) is 0. The van der Waals surface area contributed by atoms with E-state index >= 15 is 0 Å². The second-order valence-corrected chi connectivity index (χ2v) is 3.58. The van der Waals surface area contributed by atoms with Crippen molar-refractivity contribution in [2.75, 3.05) is 0 Å². The Bertz CT molecular complexity index is 541. The van der Waals surface area contributed by atoms with Gasteiger partial charge in [-0.1, -0.05) is 6.07 Å². The molecule has 3 nitrogen and oxygen atoms in total. The number of aliphatic hydroxyl groups is 1. The van der Waals surface area contributed by atoms with Crippen molar-refractivity contribution in [3.8, 4) is 11.1 Å². The lowest BCUT2D eigenvalue weighted by Crippen LogP contribution is -2.10. The molecule has 0 radical (unpaired) electrons. The summed E-state index contributed by atoms with van der Waals surface area (Å²) >= 11 is 0. The molecule has 0 aromatic carbocycles. The first-order valence-corrected chi connectivity index (χ1v) is 5.11. The van der Waals surface area contributed by atoms with Gasteiger partial charge in [-0.2, -0.15) is 13.2 Å². The molecule has 18 heavy (non-hydrogen) atoms. The Morgan fingerprint density at radius 1 is 1.06 bits per heavy atom. The van der Waals surface area contributed by atoms with Gasteiger partial charge < -0.3 is 5.11 Å². The van der Waals surface area contributed by atoms with Crippen LogP contribution in [0.1, 0.15) is 11.4 Å². The molecule has 0 aliphatic heterocycles. The maximum absolute atomic E-state index is 12.5. The first kappa shape index (κ1) is 12.5. The molecule has 2 aromatic rings. The summed E-state index contributed by atoms with van der Waals surface area (Å²) < 4.78 is 37.5. The summed E-state index contributed by atoms with van der Waals surface area (Å²) in [4.78, 5) is 7.26. The summed E-state index contributed by atoms with van der Waals surface area (Å²) in [5, 5.41) is 9.12. The number of rotatable bonds is 2. The van der Waals surface area contributed by atoms with Crippen LogP contribution < -0.4 is 0 Å². The summed E-state index contributed by atoms with van der Waals surface area (Å²) in [6.07, 6.45) is -1.47. The molecule has 0 spiro atoms. The van der Waals surface area contributed by atoms with Gasteiger partial charge in [0.15, 0.2) is 0 Å². The fourth-order valence-corrected chi connectivity index (χ4v) is 1.57. The van der Waals surface area contributed by atoms with Gasteiger partial charge in [-0.25, -0.2) is 4.98 Å². The normalized spacial score (nSPS) is 11.6. The van der Waals surface area contributed by atoms with Crippen LogP contribution in [0.5, 0.6) is 0 Å². The van der Waals surface area contributed by atoms with Gasteiger partial charge in [0, 0.05) is 18.0 Å². The molecule has 6 heteroatoms. The summed E-state index contributed by atoms with van der Waals surface area (Å²) in [5.41, 5.74) is 0.114. The molecule has 2 heterocycles. The highest BCUT2D eigenvalue weighted by atomic mass is 19.4. The summed E-state index contributed by atoms with van der Waals surface area (Å²) in [6, 6.07) is 5.48. The maximum atomic E-state index is 12.5. The molecule has 0 fully saturated rings. The fourth-order valence-electron chi connectivity index (χ4n) is 1.57. The highest BCUT2D eigenvalue weighted by molar-refractivity contribution is 5.65. The lowest BCUT2D eigenvalue weighted by Gasteiger charge is -2.11.